The van der Waals surface area contributed by atoms with Gasteiger partial charge in [-0.25, -0.2) is 19.3 Å². The molecule has 1 fully saturated rings. The molecule has 2 aromatic heterocycles. The molecule has 174 valence electrons. The fraction of sp³-hybridized carbons (Fsp3) is 0.280. The highest BCUT2D eigenvalue weighted by Gasteiger charge is 2.26. The second kappa shape index (κ2) is 9.85. The van der Waals surface area contributed by atoms with Gasteiger partial charge in [-0.3, -0.25) is 4.79 Å². The predicted octanol–water partition coefficient (Wildman–Crippen LogP) is 2.87. The van der Waals surface area contributed by atoms with Crippen LogP contribution in [0, 0.1) is 24.6 Å². The second-order valence-electron chi connectivity index (χ2n) is 7.95. The minimum absolute atomic E-state index is 0.0126. The Labute approximate surface area is 197 Å². The van der Waals surface area contributed by atoms with Crippen molar-refractivity contribution in [2.75, 3.05) is 38.4 Å². The number of halogens is 1. The van der Waals surface area contributed by atoms with Crippen molar-refractivity contribution >= 4 is 17.7 Å². The predicted molar refractivity (Wildman–Crippen MR) is 128 cm³/mol. The second-order valence-corrected chi connectivity index (χ2v) is 7.95. The number of carbonyl (C=O) groups is 1. The standard InChI is InChI=1S/C25H25FN6O2/c1-15-19(7-4-16-5-9-22(28-2)29-13-16)23(31-25(27)30-15)20-8-6-17(12-21(20)26)24(33)32(3)18-10-11-34-14-18/h5-6,8-9,12-13,18H,10-11,14H2,1-3H3,(H,28,29)(H2,27,30,31). The number of amides is 1. The van der Waals surface area contributed by atoms with Crippen LogP contribution in [0.3, 0.4) is 0 Å². The summed E-state index contributed by atoms with van der Waals surface area (Å²) in [5.41, 5.74) is 8.22. The van der Waals surface area contributed by atoms with Gasteiger partial charge in [0.25, 0.3) is 5.91 Å². The summed E-state index contributed by atoms with van der Waals surface area (Å²) in [4.78, 5) is 27.1. The largest absolute Gasteiger partial charge is 0.379 e. The van der Waals surface area contributed by atoms with Gasteiger partial charge in [0.15, 0.2) is 0 Å². The van der Waals surface area contributed by atoms with Crippen LogP contribution in [-0.4, -0.2) is 59.1 Å². The van der Waals surface area contributed by atoms with Crippen molar-refractivity contribution < 1.29 is 13.9 Å². The Morgan fingerprint density at radius 2 is 2.09 bits per heavy atom. The van der Waals surface area contributed by atoms with E-state index in [9.17, 15) is 4.79 Å². The maximum atomic E-state index is 15.3. The monoisotopic (exact) mass is 460 g/mol. The Morgan fingerprint density at radius 1 is 1.26 bits per heavy atom. The number of hydrogen-bond acceptors (Lipinski definition) is 7. The molecule has 8 nitrogen and oxygen atoms in total. The molecule has 1 aromatic carbocycles. The lowest BCUT2D eigenvalue weighted by atomic mass is 10.0. The van der Waals surface area contributed by atoms with Gasteiger partial charge < -0.3 is 20.7 Å². The van der Waals surface area contributed by atoms with Crippen molar-refractivity contribution in [3.63, 3.8) is 0 Å². The number of nitrogens with two attached hydrogens (primary N) is 1. The first-order valence-corrected chi connectivity index (χ1v) is 10.8. The van der Waals surface area contributed by atoms with E-state index in [2.05, 4.69) is 32.1 Å². The number of benzene rings is 1. The Bertz CT molecular complexity index is 1280. The normalized spacial score (nSPS) is 14.9. The van der Waals surface area contributed by atoms with Crippen molar-refractivity contribution in [2.24, 2.45) is 0 Å². The lowest BCUT2D eigenvalue weighted by Crippen LogP contribution is -2.37. The Morgan fingerprint density at radius 3 is 2.74 bits per heavy atom. The van der Waals surface area contributed by atoms with Gasteiger partial charge in [-0.15, -0.1) is 0 Å². The van der Waals surface area contributed by atoms with Crippen LogP contribution in [0.1, 0.15) is 33.6 Å². The Balaban J connectivity index is 1.69. The third-order valence-corrected chi connectivity index (χ3v) is 5.70. The van der Waals surface area contributed by atoms with E-state index in [0.29, 0.717) is 30.0 Å². The fourth-order valence-electron chi connectivity index (χ4n) is 3.73. The molecular formula is C25H25FN6O2. The molecule has 0 radical (unpaired) electrons. The van der Waals surface area contributed by atoms with Gasteiger partial charge in [-0.2, -0.15) is 0 Å². The van der Waals surface area contributed by atoms with E-state index in [1.165, 1.54) is 12.1 Å². The van der Waals surface area contributed by atoms with Crippen LogP contribution in [0.4, 0.5) is 16.2 Å². The molecule has 1 aliphatic rings. The minimum atomic E-state index is -0.595. The molecule has 0 aliphatic carbocycles. The molecular weight excluding hydrogens is 435 g/mol. The van der Waals surface area contributed by atoms with Gasteiger partial charge in [0, 0.05) is 43.6 Å². The van der Waals surface area contributed by atoms with E-state index in [4.69, 9.17) is 10.5 Å². The molecule has 4 rings (SSSR count). The molecule has 3 heterocycles. The number of anilines is 2. The van der Waals surface area contributed by atoms with Crippen LogP contribution >= 0.6 is 0 Å². The third kappa shape index (κ3) is 4.82. The molecule has 0 spiro atoms. The van der Waals surface area contributed by atoms with Gasteiger partial charge in [-0.05, 0) is 43.7 Å². The molecule has 9 heteroatoms. The zero-order valence-electron chi connectivity index (χ0n) is 19.2. The SMILES string of the molecule is CNc1ccc(C#Cc2c(C)nc(N)nc2-c2ccc(C(=O)N(C)C3CCOC3)cc2F)cn1. The topological polar surface area (TPSA) is 106 Å². The number of carbonyl (C=O) groups excluding carboxylic acids is 1. The maximum Gasteiger partial charge on any atom is 0.254 e. The summed E-state index contributed by atoms with van der Waals surface area (Å²) in [5, 5.41) is 2.95. The van der Waals surface area contributed by atoms with Crippen LogP contribution in [0.25, 0.3) is 11.3 Å². The number of pyridine rings is 1. The lowest BCUT2D eigenvalue weighted by molar-refractivity contribution is 0.0711. The zero-order valence-corrected chi connectivity index (χ0v) is 19.2. The number of ether oxygens (including phenoxy) is 1. The minimum Gasteiger partial charge on any atom is -0.379 e. The molecule has 1 aliphatic heterocycles. The summed E-state index contributed by atoms with van der Waals surface area (Å²) in [6, 6.07) is 7.94. The van der Waals surface area contributed by atoms with Gasteiger partial charge in [0.1, 0.15) is 11.6 Å². The van der Waals surface area contributed by atoms with Gasteiger partial charge in [0.05, 0.1) is 29.6 Å². The number of hydrogen-bond donors (Lipinski definition) is 2. The van der Waals surface area contributed by atoms with E-state index >= 15 is 4.39 Å². The van der Waals surface area contributed by atoms with Gasteiger partial charge >= 0.3 is 0 Å². The quantitative estimate of drug-likeness (QED) is 0.577. The van der Waals surface area contributed by atoms with Crippen molar-refractivity contribution in [2.45, 2.75) is 19.4 Å². The van der Waals surface area contributed by atoms with E-state index < -0.39 is 5.82 Å². The molecule has 34 heavy (non-hydrogen) atoms. The van der Waals surface area contributed by atoms with Gasteiger partial charge in [0.2, 0.25) is 5.95 Å². The van der Waals surface area contributed by atoms with E-state index in [0.717, 1.165) is 12.2 Å². The molecule has 1 saturated heterocycles. The molecule has 3 aromatic rings. The van der Waals surface area contributed by atoms with Crippen molar-refractivity contribution in [1.82, 2.24) is 19.9 Å². The van der Waals surface area contributed by atoms with Crippen molar-refractivity contribution in [3.05, 3.63) is 64.7 Å². The first-order chi connectivity index (χ1) is 16.4. The fourth-order valence-corrected chi connectivity index (χ4v) is 3.73. The third-order valence-electron chi connectivity index (χ3n) is 5.70. The zero-order chi connectivity index (χ0) is 24.2. The van der Waals surface area contributed by atoms with Crippen LogP contribution in [0.2, 0.25) is 0 Å². The maximum absolute atomic E-state index is 15.3. The number of likely N-dealkylation sites (N-methyl/N-ethyl adjacent to an activating group) is 1. The smallest absolute Gasteiger partial charge is 0.254 e. The number of nitrogens with zero attached hydrogens (tertiary/aromatic N) is 4. The van der Waals surface area contributed by atoms with Crippen LogP contribution < -0.4 is 11.1 Å². The highest BCUT2D eigenvalue weighted by atomic mass is 19.1. The average molecular weight is 461 g/mol. The molecule has 1 atom stereocenters. The Hall–Kier alpha value is -4.03. The number of aryl methyl sites for hydroxylation is 1. The van der Waals surface area contributed by atoms with Gasteiger partial charge in [-0.1, -0.05) is 11.8 Å². The molecule has 0 bridgehead atoms. The summed E-state index contributed by atoms with van der Waals surface area (Å²) in [6.45, 7) is 2.84. The van der Waals surface area contributed by atoms with Crippen LogP contribution in [0.5, 0.6) is 0 Å². The molecule has 1 unspecified atom stereocenters. The highest BCUT2D eigenvalue weighted by molar-refractivity contribution is 5.95. The summed E-state index contributed by atoms with van der Waals surface area (Å²) >= 11 is 0. The molecule has 1 amide bonds. The van der Waals surface area contributed by atoms with E-state index in [1.54, 1.807) is 44.2 Å². The number of nitrogen functional groups attached to an aromatic ring is 1. The Kier molecular flexibility index (Phi) is 6.70. The summed E-state index contributed by atoms with van der Waals surface area (Å²) in [7, 11) is 3.48. The first-order valence-electron chi connectivity index (χ1n) is 10.8. The molecule has 0 saturated carbocycles. The number of rotatable bonds is 4. The van der Waals surface area contributed by atoms with Crippen LogP contribution in [0.15, 0.2) is 36.5 Å². The van der Waals surface area contributed by atoms with E-state index in [-0.39, 0.29) is 34.7 Å². The number of nitrogens with one attached hydrogen (secondary N) is 1. The van der Waals surface area contributed by atoms with E-state index in [1.807, 2.05) is 6.07 Å². The highest BCUT2D eigenvalue weighted by Crippen LogP contribution is 2.28. The lowest BCUT2D eigenvalue weighted by Gasteiger charge is -2.23. The van der Waals surface area contributed by atoms with Crippen LogP contribution in [-0.2, 0) is 4.74 Å². The first kappa shape index (κ1) is 23.1. The summed E-state index contributed by atoms with van der Waals surface area (Å²) < 4.78 is 20.6. The summed E-state index contributed by atoms with van der Waals surface area (Å²) in [6.07, 6.45) is 2.40. The average Bonchev–Trinajstić information content (AvgIpc) is 3.37. The molecule has 3 N–H and O–H groups in total. The summed E-state index contributed by atoms with van der Waals surface area (Å²) in [5.74, 6) is 5.93. The number of aromatic nitrogens is 3. The van der Waals surface area contributed by atoms with Crippen molar-refractivity contribution in [3.8, 4) is 23.1 Å². The van der Waals surface area contributed by atoms with Crippen molar-refractivity contribution in [1.29, 1.82) is 0 Å².